The highest BCUT2D eigenvalue weighted by Crippen LogP contribution is 2.10. The van der Waals surface area contributed by atoms with Crippen LogP contribution < -0.4 is 10.0 Å². The Morgan fingerprint density at radius 1 is 1.50 bits per heavy atom. The molecule has 1 aliphatic heterocycles. The first-order valence-corrected chi connectivity index (χ1v) is 7.90. The van der Waals surface area contributed by atoms with Gasteiger partial charge in [0.05, 0.1) is 12.9 Å². The third-order valence-electron chi connectivity index (χ3n) is 3.11. The average molecular weight is 278 g/mol. The number of sulfonamides is 1. The molecule has 0 aromatic heterocycles. The zero-order valence-electron chi connectivity index (χ0n) is 10.9. The second-order valence-electron chi connectivity index (χ2n) is 4.61. The number of ether oxygens (including phenoxy) is 1. The normalized spacial score (nSPS) is 24.8. The average Bonchev–Trinajstić information content (AvgIpc) is 2.31. The van der Waals surface area contributed by atoms with E-state index in [-0.39, 0.29) is 36.6 Å². The summed E-state index contributed by atoms with van der Waals surface area (Å²) < 4.78 is 30.8. The Labute approximate surface area is 109 Å². The number of methoxy groups -OCH3 is 1. The van der Waals surface area contributed by atoms with Gasteiger partial charge >= 0.3 is 5.97 Å². The van der Waals surface area contributed by atoms with E-state index in [1.165, 1.54) is 7.11 Å². The van der Waals surface area contributed by atoms with E-state index in [2.05, 4.69) is 14.8 Å². The molecule has 0 spiro atoms. The maximum absolute atomic E-state index is 11.8. The lowest BCUT2D eigenvalue weighted by atomic mass is 10.0. The van der Waals surface area contributed by atoms with E-state index >= 15 is 0 Å². The molecular weight excluding hydrogens is 256 g/mol. The van der Waals surface area contributed by atoms with Crippen molar-refractivity contribution in [1.29, 1.82) is 0 Å². The number of nitrogens with one attached hydrogen (secondary N) is 2. The maximum atomic E-state index is 11.8. The second-order valence-corrected chi connectivity index (χ2v) is 6.48. The van der Waals surface area contributed by atoms with Crippen molar-refractivity contribution in [2.75, 3.05) is 19.4 Å². The predicted molar refractivity (Wildman–Crippen MR) is 68.7 cm³/mol. The fourth-order valence-corrected chi connectivity index (χ4v) is 3.43. The molecule has 7 heteroatoms. The van der Waals surface area contributed by atoms with E-state index in [9.17, 15) is 13.2 Å². The monoisotopic (exact) mass is 278 g/mol. The van der Waals surface area contributed by atoms with Gasteiger partial charge in [-0.05, 0) is 32.7 Å². The Bertz CT molecular complexity index is 369. The minimum atomic E-state index is -3.32. The van der Waals surface area contributed by atoms with Gasteiger partial charge in [-0.15, -0.1) is 0 Å². The Hall–Kier alpha value is -0.660. The number of rotatable bonds is 6. The van der Waals surface area contributed by atoms with Crippen molar-refractivity contribution in [1.82, 2.24) is 10.0 Å². The Morgan fingerprint density at radius 3 is 2.83 bits per heavy atom. The number of hydrogen-bond donors (Lipinski definition) is 2. The molecule has 1 rings (SSSR count). The van der Waals surface area contributed by atoms with Gasteiger partial charge in [-0.2, -0.15) is 0 Å². The molecule has 2 N–H and O–H groups in total. The van der Waals surface area contributed by atoms with Crippen LogP contribution in [0.3, 0.4) is 0 Å². The minimum absolute atomic E-state index is 0.0364. The van der Waals surface area contributed by atoms with Gasteiger partial charge in [0.1, 0.15) is 0 Å². The van der Waals surface area contributed by atoms with Crippen molar-refractivity contribution in [2.45, 2.75) is 44.7 Å². The van der Waals surface area contributed by atoms with Crippen LogP contribution in [0.1, 0.15) is 32.6 Å². The van der Waals surface area contributed by atoms with E-state index in [1.807, 2.05) is 6.92 Å². The van der Waals surface area contributed by atoms with Gasteiger partial charge in [-0.25, -0.2) is 13.1 Å². The summed E-state index contributed by atoms with van der Waals surface area (Å²) in [5, 5.41) is 3.24. The fourth-order valence-electron chi connectivity index (χ4n) is 2.00. The molecule has 0 aliphatic carbocycles. The van der Waals surface area contributed by atoms with Crippen molar-refractivity contribution < 1.29 is 17.9 Å². The van der Waals surface area contributed by atoms with Gasteiger partial charge in [-0.1, -0.05) is 0 Å². The SMILES string of the molecule is COC(=O)CCCS(=O)(=O)NC1CCCNC1C. The molecule has 1 fully saturated rings. The lowest BCUT2D eigenvalue weighted by Gasteiger charge is -2.30. The molecule has 2 unspecified atom stereocenters. The summed E-state index contributed by atoms with van der Waals surface area (Å²) in [7, 11) is -2.02. The Kier molecular flexibility index (Phi) is 6.04. The van der Waals surface area contributed by atoms with Crippen LogP contribution in [0.2, 0.25) is 0 Å². The van der Waals surface area contributed by atoms with Crippen LogP contribution >= 0.6 is 0 Å². The van der Waals surface area contributed by atoms with Crippen LogP contribution in [0.5, 0.6) is 0 Å². The first-order valence-electron chi connectivity index (χ1n) is 6.25. The predicted octanol–water partition coefficient (Wildman–Crippen LogP) is -0.000500. The van der Waals surface area contributed by atoms with Crippen molar-refractivity contribution in [3.05, 3.63) is 0 Å². The second kappa shape index (κ2) is 7.06. The smallest absolute Gasteiger partial charge is 0.305 e. The molecule has 0 radical (unpaired) electrons. The summed E-state index contributed by atoms with van der Waals surface area (Å²) >= 11 is 0. The van der Waals surface area contributed by atoms with E-state index in [4.69, 9.17) is 0 Å². The summed E-state index contributed by atoms with van der Waals surface area (Å²) in [6, 6.07) is 0.0935. The molecule has 0 saturated carbocycles. The van der Waals surface area contributed by atoms with E-state index < -0.39 is 10.0 Å². The molecule has 1 saturated heterocycles. The lowest BCUT2D eigenvalue weighted by molar-refractivity contribution is -0.140. The topological polar surface area (TPSA) is 84.5 Å². The molecule has 1 aliphatic rings. The Morgan fingerprint density at radius 2 is 2.22 bits per heavy atom. The van der Waals surface area contributed by atoms with E-state index in [1.54, 1.807) is 0 Å². The van der Waals surface area contributed by atoms with Gasteiger partial charge in [0, 0.05) is 18.5 Å². The number of carbonyl (C=O) groups excluding carboxylic acids is 1. The van der Waals surface area contributed by atoms with Crippen molar-refractivity contribution in [3.63, 3.8) is 0 Å². The van der Waals surface area contributed by atoms with Crippen LogP contribution in [-0.4, -0.2) is 45.9 Å². The molecule has 1 heterocycles. The van der Waals surface area contributed by atoms with Crippen molar-refractivity contribution >= 4 is 16.0 Å². The number of hydrogen-bond acceptors (Lipinski definition) is 5. The van der Waals surface area contributed by atoms with Gasteiger partial charge in [-0.3, -0.25) is 4.79 Å². The highest BCUT2D eigenvalue weighted by molar-refractivity contribution is 7.89. The molecule has 0 aromatic carbocycles. The van der Waals surface area contributed by atoms with Gasteiger partial charge in [0.25, 0.3) is 0 Å². The zero-order chi connectivity index (χ0) is 13.6. The third-order valence-corrected chi connectivity index (χ3v) is 4.60. The molecule has 0 aromatic rings. The van der Waals surface area contributed by atoms with Crippen molar-refractivity contribution in [2.24, 2.45) is 0 Å². The lowest BCUT2D eigenvalue weighted by Crippen LogP contribution is -2.52. The number of piperidine rings is 1. The Balaban J connectivity index is 2.36. The maximum Gasteiger partial charge on any atom is 0.305 e. The molecular formula is C11H22N2O4S. The molecule has 18 heavy (non-hydrogen) atoms. The molecule has 6 nitrogen and oxygen atoms in total. The fraction of sp³-hybridized carbons (Fsp3) is 0.909. The molecule has 106 valence electrons. The van der Waals surface area contributed by atoms with Crippen molar-refractivity contribution in [3.8, 4) is 0 Å². The number of esters is 1. The quantitative estimate of drug-likeness (QED) is 0.668. The zero-order valence-corrected chi connectivity index (χ0v) is 11.8. The van der Waals surface area contributed by atoms with Crippen LogP contribution in [0, 0.1) is 0 Å². The summed E-state index contributed by atoms with van der Waals surface area (Å²) in [5.41, 5.74) is 0. The third kappa shape index (κ3) is 5.32. The summed E-state index contributed by atoms with van der Waals surface area (Å²) in [5.74, 6) is -0.413. The first-order chi connectivity index (χ1) is 8.44. The molecule has 0 bridgehead atoms. The largest absolute Gasteiger partial charge is 0.469 e. The van der Waals surface area contributed by atoms with Crippen LogP contribution in [0.25, 0.3) is 0 Å². The van der Waals surface area contributed by atoms with Gasteiger partial charge < -0.3 is 10.1 Å². The minimum Gasteiger partial charge on any atom is -0.469 e. The van der Waals surface area contributed by atoms with Crippen LogP contribution in [0.15, 0.2) is 0 Å². The standard InChI is InChI=1S/C11H22N2O4S/c1-9-10(5-3-7-12-9)13-18(15,16)8-4-6-11(14)17-2/h9-10,12-13H,3-8H2,1-2H3. The van der Waals surface area contributed by atoms with E-state index in [0.717, 1.165) is 19.4 Å². The summed E-state index contributed by atoms with van der Waals surface area (Å²) in [6.45, 7) is 2.91. The molecule has 2 atom stereocenters. The highest BCUT2D eigenvalue weighted by Gasteiger charge is 2.25. The van der Waals surface area contributed by atoms with Gasteiger partial charge in [0.15, 0.2) is 0 Å². The molecule has 0 amide bonds. The van der Waals surface area contributed by atoms with E-state index in [0.29, 0.717) is 0 Å². The highest BCUT2D eigenvalue weighted by atomic mass is 32.2. The van der Waals surface area contributed by atoms with Gasteiger partial charge in [0.2, 0.25) is 10.0 Å². The number of carbonyl (C=O) groups is 1. The first kappa shape index (κ1) is 15.4. The summed E-state index contributed by atoms with van der Waals surface area (Å²) in [6.07, 6.45) is 2.25. The van der Waals surface area contributed by atoms with Crippen LogP contribution in [-0.2, 0) is 19.6 Å². The summed E-state index contributed by atoms with van der Waals surface area (Å²) in [4.78, 5) is 10.9. The van der Waals surface area contributed by atoms with Crippen LogP contribution in [0.4, 0.5) is 0 Å².